The van der Waals surface area contributed by atoms with E-state index < -0.39 is 6.10 Å². The van der Waals surface area contributed by atoms with E-state index in [1.165, 1.54) is 5.57 Å². The maximum absolute atomic E-state index is 11.7. The van der Waals surface area contributed by atoms with Crippen molar-refractivity contribution in [1.82, 2.24) is 0 Å². The first-order valence-corrected chi connectivity index (χ1v) is 11.6. The average Bonchev–Trinajstić information content (AvgIpc) is 2.65. The van der Waals surface area contributed by atoms with Crippen LogP contribution in [0.25, 0.3) is 0 Å². The van der Waals surface area contributed by atoms with Crippen LogP contribution in [0.4, 0.5) is 0 Å². The van der Waals surface area contributed by atoms with E-state index in [1.807, 2.05) is 0 Å². The maximum Gasteiger partial charge on any atom is 0.308 e. The molecule has 4 heteroatoms. The molecule has 1 heterocycles. The Bertz CT molecular complexity index is 635. The summed E-state index contributed by atoms with van der Waals surface area (Å²) >= 11 is 0. The quantitative estimate of drug-likeness (QED) is 0.603. The van der Waals surface area contributed by atoms with Crippen molar-refractivity contribution in [3.8, 4) is 0 Å². The van der Waals surface area contributed by atoms with E-state index in [0.29, 0.717) is 30.1 Å². The van der Waals surface area contributed by atoms with E-state index in [9.17, 15) is 9.90 Å². The third kappa shape index (κ3) is 5.73. The molecule has 0 amide bonds. The first-order chi connectivity index (χ1) is 13.7. The van der Waals surface area contributed by atoms with Crippen molar-refractivity contribution in [2.75, 3.05) is 6.61 Å². The van der Waals surface area contributed by atoms with Gasteiger partial charge in [0.1, 0.15) is 6.10 Å². The number of aliphatic hydroxyl groups excluding tert-OH is 1. The van der Waals surface area contributed by atoms with E-state index in [-0.39, 0.29) is 30.0 Å². The molecule has 0 aromatic rings. The third-order valence-electron chi connectivity index (χ3n) is 7.30. The second-order valence-electron chi connectivity index (χ2n) is 10.4. The van der Waals surface area contributed by atoms with Crippen LogP contribution >= 0.6 is 0 Å². The van der Waals surface area contributed by atoms with Crippen LogP contribution < -0.4 is 0 Å². The van der Waals surface area contributed by atoms with Crippen LogP contribution in [0.5, 0.6) is 0 Å². The Morgan fingerprint density at radius 2 is 2.00 bits per heavy atom. The molecule has 0 spiro atoms. The van der Waals surface area contributed by atoms with Gasteiger partial charge in [-0.05, 0) is 54.4 Å². The molecule has 0 saturated carbocycles. The number of rotatable bonds is 7. The van der Waals surface area contributed by atoms with Crippen molar-refractivity contribution in [3.05, 3.63) is 23.8 Å². The van der Waals surface area contributed by atoms with Gasteiger partial charge in [-0.1, -0.05) is 52.8 Å². The number of hydrogen-bond acceptors (Lipinski definition) is 4. The number of hydrogen-bond donors (Lipinski definition) is 1. The van der Waals surface area contributed by atoms with Crippen LogP contribution in [0.1, 0.15) is 73.1 Å². The highest BCUT2D eigenvalue weighted by molar-refractivity contribution is 5.70. The van der Waals surface area contributed by atoms with Crippen LogP contribution in [0, 0.1) is 29.1 Å². The SMILES string of the molecule is CCC(C)(C)CO[C@H]1C[C@@H](C)C=C2C=C[C@H](C)[C@H](CCC3C[C@@H](O)CC(=O)O3)C21. The predicted octanol–water partition coefficient (Wildman–Crippen LogP) is 5.06. The summed E-state index contributed by atoms with van der Waals surface area (Å²) in [6, 6.07) is 0. The minimum absolute atomic E-state index is 0.135. The summed E-state index contributed by atoms with van der Waals surface area (Å²) in [5, 5.41) is 9.93. The summed E-state index contributed by atoms with van der Waals surface area (Å²) in [5.41, 5.74) is 1.62. The van der Waals surface area contributed by atoms with Gasteiger partial charge in [0.25, 0.3) is 0 Å². The second kappa shape index (κ2) is 9.34. The normalized spacial score (nSPS) is 37.7. The molecule has 1 saturated heterocycles. The highest BCUT2D eigenvalue weighted by Crippen LogP contribution is 2.45. The highest BCUT2D eigenvalue weighted by atomic mass is 16.5. The number of ether oxygens (including phenoxy) is 2. The van der Waals surface area contributed by atoms with Crippen LogP contribution in [0.3, 0.4) is 0 Å². The summed E-state index contributed by atoms with van der Waals surface area (Å²) in [7, 11) is 0. The van der Waals surface area contributed by atoms with Gasteiger partial charge in [0.2, 0.25) is 0 Å². The lowest BCUT2D eigenvalue weighted by Gasteiger charge is -2.44. The number of esters is 1. The molecule has 2 aliphatic carbocycles. The zero-order chi connectivity index (χ0) is 21.2. The minimum Gasteiger partial charge on any atom is -0.462 e. The molecule has 0 aromatic carbocycles. The zero-order valence-corrected chi connectivity index (χ0v) is 18.9. The molecule has 3 rings (SSSR count). The van der Waals surface area contributed by atoms with Crippen molar-refractivity contribution < 1.29 is 19.4 Å². The Balaban J connectivity index is 1.72. The number of cyclic esters (lactones) is 1. The minimum atomic E-state index is -0.553. The van der Waals surface area contributed by atoms with Gasteiger partial charge >= 0.3 is 5.97 Å². The summed E-state index contributed by atoms with van der Waals surface area (Å²) in [4.78, 5) is 11.7. The molecule has 164 valence electrons. The van der Waals surface area contributed by atoms with Crippen molar-refractivity contribution >= 4 is 5.97 Å². The Morgan fingerprint density at radius 1 is 1.24 bits per heavy atom. The molecule has 1 fully saturated rings. The molecular formula is C25H40O4. The molecule has 4 nitrogen and oxygen atoms in total. The lowest BCUT2D eigenvalue weighted by molar-refractivity contribution is -0.160. The summed E-state index contributed by atoms with van der Waals surface area (Å²) in [5.74, 6) is 1.62. The van der Waals surface area contributed by atoms with Gasteiger partial charge in [-0.3, -0.25) is 4.79 Å². The van der Waals surface area contributed by atoms with Crippen LogP contribution in [0.15, 0.2) is 23.8 Å². The molecule has 7 atom stereocenters. The van der Waals surface area contributed by atoms with Crippen LogP contribution in [-0.2, 0) is 14.3 Å². The van der Waals surface area contributed by atoms with E-state index in [2.05, 4.69) is 52.8 Å². The highest BCUT2D eigenvalue weighted by Gasteiger charge is 2.41. The van der Waals surface area contributed by atoms with Gasteiger partial charge in [-0.15, -0.1) is 0 Å². The Morgan fingerprint density at radius 3 is 2.69 bits per heavy atom. The first-order valence-electron chi connectivity index (χ1n) is 11.6. The maximum atomic E-state index is 11.7. The summed E-state index contributed by atoms with van der Waals surface area (Å²) in [6.07, 6.45) is 11.3. The molecule has 0 bridgehead atoms. The second-order valence-corrected chi connectivity index (χ2v) is 10.4. The summed E-state index contributed by atoms with van der Waals surface area (Å²) < 4.78 is 12.1. The van der Waals surface area contributed by atoms with Crippen LogP contribution in [0.2, 0.25) is 0 Å². The van der Waals surface area contributed by atoms with Gasteiger partial charge in [0.05, 0.1) is 25.2 Å². The van der Waals surface area contributed by atoms with Gasteiger partial charge in [0.15, 0.2) is 0 Å². The van der Waals surface area contributed by atoms with E-state index in [1.54, 1.807) is 0 Å². The molecular weight excluding hydrogens is 364 g/mol. The predicted molar refractivity (Wildman–Crippen MR) is 115 cm³/mol. The fraction of sp³-hybridized carbons (Fsp3) is 0.800. The molecule has 1 aliphatic heterocycles. The zero-order valence-electron chi connectivity index (χ0n) is 18.9. The van der Waals surface area contributed by atoms with Crippen molar-refractivity contribution in [2.24, 2.45) is 29.1 Å². The molecule has 1 N–H and O–H groups in total. The fourth-order valence-electron chi connectivity index (χ4n) is 5.12. The monoisotopic (exact) mass is 404 g/mol. The van der Waals surface area contributed by atoms with Gasteiger partial charge in [-0.25, -0.2) is 0 Å². The van der Waals surface area contributed by atoms with Crippen molar-refractivity contribution in [3.63, 3.8) is 0 Å². The van der Waals surface area contributed by atoms with Gasteiger partial charge < -0.3 is 14.6 Å². The number of fused-ring (bicyclic) bond motifs is 1. The van der Waals surface area contributed by atoms with Gasteiger partial charge in [0, 0.05) is 12.3 Å². The summed E-state index contributed by atoms with van der Waals surface area (Å²) in [6.45, 7) is 12.2. The standard InChI is InChI=1S/C25H40O4/c1-6-25(4,5)15-28-22-12-16(2)11-18-8-7-17(3)21(24(18)22)10-9-20-13-19(26)14-23(27)29-20/h7-8,11,16-17,19-22,24,26H,6,9-10,12-15H2,1-5H3/t16-,17-,19+,20?,21-,22-,24?/m0/s1. The number of carbonyl (C=O) groups excluding carboxylic acids is 1. The Kier molecular flexibility index (Phi) is 7.27. The van der Waals surface area contributed by atoms with E-state index in [0.717, 1.165) is 32.3 Å². The van der Waals surface area contributed by atoms with E-state index >= 15 is 0 Å². The molecule has 29 heavy (non-hydrogen) atoms. The number of allylic oxidation sites excluding steroid dienone is 3. The topological polar surface area (TPSA) is 55.8 Å². The van der Waals surface area contributed by atoms with Crippen molar-refractivity contribution in [1.29, 1.82) is 0 Å². The molecule has 3 aliphatic rings. The fourth-order valence-corrected chi connectivity index (χ4v) is 5.12. The largest absolute Gasteiger partial charge is 0.462 e. The van der Waals surface area contributed by atoms with Gasteiger partial charge in [-0.2, -0.15) is 0 Å². The smallest absolute Gasteiger partial charge is 0.308 e. The van der Waals surface area contributed by atoms with Crippen molar-refractivity contribution in [2.45, 2.75) is 91.5 Å². The molecule has 0 radical (unpaired) electrons. The number of carbonyl (C=O) groups is 1. The third-order valence-corrected chi connectivity index (χ3v) is 7.30. The van der Waals surface area contributed by atoms with E-state index in [4.69, 9.17) is 9.47 Å². The molecule has 2 unspecified atom stereocenters. The lowest BCUT2D eigenvalue weighted by atomic mass is 9.65. The van der Waals surface area contributed by atoms with Crippen LogP contribution in [-0.4, -0.2) is 36.0 Å². The lowest BCUT2D eigenvalue weighted by Crippen LogP contribution is -2.41. The molecule has 0 aromatic heterocycles. The Hall–Kier alpha value is -1.13. The average molecular weight is 405 g/mol. The number of aliphatic hydroxyl groups is 1. The first kappa shape index (κ1) is 22.6. The Labute approximate surface area is 176 Å².